The van der Waals surface area contributed by atoms with Crippen molar-refractivity contribution in [1.29, 1.82) is 5.53 Å². The lowest BCUT2D eigenvalue weighted by Crippen LogP contribution is -2.50. The molecule has 1 fully saturated rings. The standard InChI is InChI=1S/C14H26N4O3/c1-8(7-9(2)17-18-15)13(14(20)21)16-12-6-4-5-11(12)10(3)19/h8-9,11-13,16H,4-7H2,1-3H3,(H2,15,17)(H,20,21). The van der Waals surface area contributed by atoms with Crippen molar-refractivity contribution in [2.24, 2.45) is 17.1 Å². The van der Waals surface area contributed by atoms with Crippen LogP contribution in [0.3, 0.4) is 0 Å². The molecule has 5 unspecified atom stereocenters. The monoisotopic (exact) mass is 298 g/mol. The number of carboxylic acids is 1. The number of carboxylic acid groups (broad SMARTS) is 1. The Balaban J connectivity index is 2.66. The first-order valence-electron chi connectivity index (χ1n) is 7.48. The minimum atomic E-state index is -0.897. The Kier molecular flexibility index (Phi) is 6.74. The summed E-state index contributed by atoms with van der Waals surface area (Å²) in [6.07, 6.45) is 3.22. The van der Waals surface area contributed by atoms with E-state index in [1.807, 2.05) is 13.8 Å². The van der Waals surface area contributed by atoms with Crippen molar-refractivity contribution in [3.63, 3.8) is 0 Å². The van der Waals surface area contributed by atoms with E-state index >= 15 is 0 Å². The van der Waals surface area contributed by atoms with Crippen LogP contribution in [0.4, 0.5) is 0 Å². The molecule has 21 heavy (non-hydrogen) atoms. The van der Waals surface area contributed by atoms with Gasteiger partial charge >= 0.3 is 5.97 Å². The van der Waals surface area contributed by atoms with Gasteiger partial charge in [-0.25, -0.2) is 0 Å². The minimum absolute atomic E-state index is 0.0461. The Bertz CT molecular complexity index is 388. The van der Waals surface area contributed by atoms with Crippen LogP contribution in [-0.4, -0.2) is 35.0 Å². The molecule has 120 valence electrons. The molecular formula is C14H26N4O3. The van der Waals surface area contributed by atoms with Crippen LogP contribution in [0.1, 0.15) is 46.5 Å². The maximum atomic E-state index is 11.6. The average Bonchev–Trinajstić information content (AvgIpc) is 2.83. The van der Waals surface area contributed by atoms with Gasteiger partial charge in [0.2, 0.25) is 0 Å². The van der Waals surface area contributed by atoms with E-state index in [1.165, 1.54) is 0 Å². The molecule has 1 saturated carbocycles. The molecule has 0 aromatic carbocycles. The van der Waals surface area contributed by atoms with E-state index < -0.39 is 12.0 Å². The second-order valence-corrected chi connectivity index (χ2v) is 6.09. The Labute approximate surface area is 125 Å². The maximum absolute atomic E-state index is 11.6. The fourth-order valence-corrected chi connectivity index (χ4v) is 3.21. The van der Waals surface area contributed by atoms with E-state index in [1.54, 1.807) is 6.92 Å². The third-order valence-corrected chi connectivity index (χ3v) is 4.28. The lowest BCUT2D eigenvalue weighted by Gasteiger charge is -2.28. The zero-order chi connectivity index (χ0) is 16.0. The van der Waals surface area contributed by atoms with Gasteiger partial charge in [-0.05, 0) is 39.0 Å². The van der Waals surface area contributed by atoms with E-state index in [0.717, 1.165) is 19.3 Å². The van der Waals surface area contributed by atoms with E-state index in [4.69, 9.17) is 5.53 Å². The fraction of sp³-hybridized carbons (Fsp3) is 0.857. The average molecular weight is 298 g/mol. The third-order valence-electron chi connectivity index (χ3n) is 4.28. The number of rotatable bonds is 9. The summed E-state index contributed by atoms with van der Waals surface area (Å²) in [5.41, 5.74) is 9.38. The van der Waals surface area contributed by atoms with E-state index in [0.29, 0.717) is 6.42 Å². The molecule has 1 rings (SSSR count). The first-order chi connectivity index (χ1) is 9.86. The summed E-state index contributed by atoms with van der Waals surface area (Å²) in [4.78, 5) is 23.1. The molecule has 1 aliphatic carbocycles. The highest BCUT2D eigenvalue weighted by Crippen LogP contribution is 2.27. The SMILES string of the molecule is CC(=O)C1CCCC1NC(C(=O)O)C(C)CC(C)NN=N. The number of Topliss-reactive ketones (excluding diaryl/α,β-unsaturated/α-hetero) is 1. The zero-order valence-electron chi connectivity index (χ0n) is 12.9. The van der Waals surface area contributed by atoms with Crippen LogP contribution in [0.25, 0.3) is 0 Å². The van der Waals surface area contributed by atoms with Crippen molar-refractivity contribution < 1.29 is 14.7 Å². The third kappa shape index (κ3) is 5.08. The minimum Gasteiger partial charge on any atom is -0.480 e. The van der Waals surface area contributed by atoms with Crippen molar-refractivity contribution in [2.75, 3.05) is 0 Å². The number of aliphatic carboxylic acids is 1. The highest BCUT2D eigenvalue weighted by atomic mass is 16.4. The normalized spacial score (nSPS) is 25.9. The van der Waals surface area contributed by atoms with E-state index in [9.17, 15) is 14.7 Å². The van der Waals surface area contributed by atoms with Crippen LogP contribution in [0, 0.1) is 17.4 Å². The van der Waals surface area contributed by atoms with Crippen molar-refractivity contribution in [3.8, 4) is 0 Å². The molecule has 4 N–H and O–H groups in total. The summed E-state index contributed by atoms with van der Waals surface area (Å²) >= 11 is 0. The molecule has 0 aliphatic heterocycles. The van der Waals surface area contributed by atoms with Crippen molar-refractivity contribution in [2.45, 2.75) is 64.6 Å². The number of nitrogens with one attached hydrogen (secondary N) is 3. The van der Waals surface area contributed by atoms with Crippen LogP contribution in [-0.2, 0) is 9.59 Å². The Hall–Kier alpha value is -1.50. The zero-order valence-corrected chi connectivity index (χ0v) is 12.9. The number of carbonyl (C=O) groups excluding carboxylic acids is 1. The molecule has 7 nitrogen and oxygen atoms in total. The summed E-state index contributed by atoms with van der Waals surface area (Å²) in [6, 6.07) is -0.798. The van der Waals surface area contributed by atoms with Gasteiger partial charge in [0.15, 0.2) is 0 Å². The van der Waals surface area contributed by atoms with Crippen LogP contribution in [0.2, 0.25) is 0 Å². The maximum Gasteiger partial charge on any atom is 0.320 e. The number of carbonyl (C=O) groups is 2. The molecule has 0 spiro atoms. The summed E-state index contributed by atoms with van der Waals surface area (Å²) in [5.74, 6) is -0.964. The first kappa shape index (κ1) is 17.6. The number of ketones is 1. The van der Waals surface area contributed by atoms with Crippen LogP contribution < -0.4 is 10.7 Å². The predicted octanol–water partition coefficient (Wildman–Crippen LogP) is 1.74. The van der Waals surface area contributed by atoms with Gasteiger partial charge in [-0.1, -0.05) is 18.6 Å². The topological polar surface area (TPSA) is 115 Å². The van der Waals surface area contributed by atoms with Crippen molar-refractivity contribution >= 4 is 11.8 Å². The van der Waals surface area contributed by atoms with Gasteiger partial charge in [0.05, 0.1) is 0 Å². The lowest BCUT2D eigenvalue weighted by atomic mass is 9.92. The molecule has 5 atom stereocenters. The molecular weight excluding hydrogens is 272 g/mol. The summed E-state index contributed by atoms with van der Waals surface area (Å²) in [6.45, 7) is 5.30. The van der Waals surface area contributed by atoms with Gasteiger partial charge < -0.3 is 10.4 Å². The van der Waals surface area contributed by atoms with Gasteiger partial charge in [-0.3, -0.25) is 15.0 Å². The molecule has 0 bridgehead atoms. The molecule has 0 heterocycles. The van der Waals surface area contributed by atoms with Gasteiger partial charge in [0.25, 0.3) is 0 Å². The number of nitrogens with zero attached hydrogens (tertiary/aromatic N) is 1. The molecule has 0 saturated heterocycles. The van der Waals surface area contributed by atoms with Gasteiger partial charge in [-0.15, -0.1) is 0 Å². The largest absolute Gasteiger partial charge is 0.480 e. The molecule has 0 aromatic heterocycles. The van der Waals surface area contributed by atoms with Gasteiger partial charge in [-0.2, -0.15) is 5.53 Å². The van der Waals surface area contributed by atoms with Crippen LogP contribution in [0.5, 0.6) is 0 Å². The second-order valence-electron chi connectivity index (χ2n) is 6.09. The smallest absolute Gasteiger partial charge is 0.320 e. The highest BCUT2D eigenvalue weighted by molar-refractivity contribution is 5.79. The Morgan fingerprint density at radius 2 is 2.05 bits per heavy atom. The molecule has 0 amide bonds. The highest BCUT2D eigenvalue weighted by Gasteiger charge is 2.35. The first-order valence-corrected chi connectivity index (χ1v) is 7.48. The summed E-state index contributed by atoms with van der Waals surface area (Å²) in [5, 5.41) is 15.7. The predicted molar refractivity (Wildman–Crippen MR) is 77.9 cm³/mol. The van der Waals surface area contributed by atoms with Crippen molar-refractivity contribution in [3.05, 3.63) is 0 Å². The van der Waals surface area contributed by atoms with Gasteiger partial charge in [0.1, 0.15) is 11.8 Å². The van der Waals surface area contributed by atoms with E-state index in [-0.39, 0.29) is 29.7 Å². The Morgan fingerprint density at radius 1 is 1.38 bits per heavy atom. The molecule has 1 aliphatic rings. The van der Waals surface area contributed by atoms with Crippen LogP contribution >= 0.6 is 0 Å². The summed E-state index contributed by atoms with van der Waals surface area (Å²) in [7, 11) is 0. The van der Waals surface area contributed by atoms with Gasteiger partial charge in [0, 0.05) is 18.0 Å². The summed E-state index contributed by atoms with van der Waals surface area (Å²) < 4.78 is 0. The number of hydrogen-bond acceptors (Lipinski definition) is 5. The molecule has 0 aromatic rings. The van der Waals surface area contributed by atoms with E-state index in [2.05, 4.69) is 16.0 Å². The Morgan fingerprint density at radius 3 is 2.57 bits per heavy atom. The molecule has 7 heteroatoms. The number of hydrogen-bond donors (Lipinski definition) is 4. The molecule has 0 radical (unpaired) electrons. The van der Waals surface area contributed by atoms with Crippen molar-refractivity contribution in [1.82, 2.24) is 10.7 Å². The second kappa shape index (κ2) is 8.07. The quantitative estimate of drug-likeness (QED) is 0.382. The lowest BCUT2D eigenvalue weighted by molar-refractivity contribution is -0.141. The van der Waals surface area contributed by atoms with Crippen LogP contribution in [0.15, 0.2) is 5.22 Å². The fourth-order valence-electron chi connectivity index (χ4n) is 3.21.